The van der Waals surface area contributed by atoms with E-state index in [4.69, 9.17) is 23.7 Å². The molecule has 0 fully saturated rings. The van der Waals surface area contributed by atoms with E-state index in [1.165, 1.54) is 7.11 Å². The fourth-order valence-corrected chi connectivity index (χ4v) is 6.42. The Bertz CT molecular complexity index is 1590. The van der Waals surface area contributed by atoms with Gasteiger partial charge in [-0.2, -0.15) is 0 Å². The van der Waals surface area contributed by atoms with Crippen LogP contribution in [0.5, 0.6) is 0 Å². The van der Waals surface area contributed by atoms with Crippen LogP contribution in [-0.4, -0.2) is 82.3 Å². The van der Waals surface area contributed by atoms with Gasteiger partial charge in [-0.25, -0.2) is 14.4 Å². The van der Waals surface area contributed by atoms with Gasteiger partial charge in [0, 0.05) is 50.0 Å². The van der Waals surface area contributed by atoms with Crippen molar-refractivity contribution in [3.05, 3.63) is 89.6 Å². The van der Waals surface area contributed by atoms with E-state index in [1.54, 1.807) is 63.6 Å². The topological polar surface area (TPSA) is 175 Å². The predicted octanol–water partition coefficient (Wildman–Crippen LogP) is 2.93. The van der Waals surface area contributed by atoms with Gasteiger partial charge in [0.1, 0.15) is 29.6 Å². The first-order valence-corrected chi connectivity index (χ1v) is 15.8. The van der Waals surface area contributed by atoms with Crippen LogP contribution in [0.2, 0.25) is 0 Å². The molecule has 3 N–H and O–H groups in total. The van der Waals surface area contributed by atoms with Crippen LogP contribution in [0.1, 0.15) is 50.2 Å². The number of aromatic nitrogens is 2. The second-order valence-corrected chi connectivity index (χ2v) is 12.4. The van der Waals surface area contributed by atoms with Gasteiger partial charge in [0.2, 0.25) is 0 Å². The van der Waals surface area contributed by atoms with Crippen molar-refractivity contribution < 1.29 is 48.0 Å². The van der Waals surface area contributed by atoms with Crippen LogP contribution in [0.3, 0.4) is 0 Å². The van der Waals surface area contributed by atoms with E-state index in [2.05, 4.69) is 15.3 Å². The summed E-state index contributed by atoms with van der Waals surface area (Å²) >= 11 is 0. The highest BCUT2D eigenvalue weighted by atomic mass is 16.6. The fourth-order valence-electron chi connectivity index (χ4n) is 6.42. The maximum absolute atomic E-state index is 13.5. The predicted molar refractivity (Wildman–Crippen MR) is 170 cm³/mol. The molecule has 1 spiro atoms. The lowest BCUT2D eigenvalue weighted by atomic mass is 9.72. The summed E-state index contributed by atoms with van der Waals surface area (Å²) in [6.07, 6.45) is 6.92. The minimum absolute atomic E-state index is 0.0980. The number of hydrogen-bond acceptors (Lipinski definition) is 11. The number of hydrogen-bond donors (Lipinski definition) is 3. The number of aliphatic hydroxyl groups excluding tert-OH is 1. The third kappa shape index (κ3) is 7.28. The number of H-pyrrole nitrogens is 1. The van der Waals surface area contributed by atoms with E-state index in [9.17, 15) is 24.3 Å². The van der Waals surface area contributed by atoms with Crippen molar-refractivity contribution in [2.45, 2.75) is 77.0 Å². The monoisotopic (exact) mass is 663 g/mol. The number of carbonyl (C=O) groups is 4. The van der Waals surface area contributed by atoms with Gasteiger partial charge in [0.25, 0.3) is 0 Å². The highest BCUT2D eigenvalue weighted by Crippen LogP contribution is 2.46. The highest BCUT2D eigenvalue weighted by molar-refractivity contribution is 6.32. The molecule has 2 bridgehead atoms. The fraction of sp³-hybridized carbons (Fsp3) is 0.457. The molecular weight excluding hydrogens is 622 g/mol. The van der Waals surface area contributed by atoms with Crippen molar-refractivity contribution in [1.29, 1.82) is 0 Å². The molecule has 1 aliphatic carbocycles. The largest absolute Gasteiger partial charge is 0.456 e. The van der Waals surface area contributed by atoms with Crippen molar-refractivity contribution in [2.75, 3.05) is 7.11 Å². The van der Waals surface area contributed by atoms with Crippen LogP contribution < -0.4 is 5.32 Å². The van der Waals surface area contributed by atoms with Gasteiger partial charge in [-0.05, 0) is 67.3 Å². The molecule has 0 radical (unpaired) electrons. The van der Waals surface area contributed by atoms with E-state index in [1.807, 2.05) is 31.2 Å². The van der Waals surface area contributed by atoms with Crippen LogP contribution in [0, 0.1) is 17.8 Å². The third-order valence-corrected chi connectivity index (χ3v) is 9.13. The first-order chi connectivity index (χ1) is 22.9. The minimum Gasteiger partial charge on any atom is -0.456 e. The summed E-state index contributed by atoms with van der Waals surface area (Å²) in [7, 11) is 1.39. The molecule has 13 heteroatoms. The van der Waals surface area contributed by atoms with Crippen LogP contribution >= 0.6 is 0 Å². The highest BCUT2D eigenvalue weighted by Gasteiger charge is 2.50. The first-order valence-electron chi connectivity index (χ1n) is 15.8. The van der Waals surface area contributed by atoms with Gasteiger partial charge in [-0.1, -0.05) is 32.1 Å². The maximum Gasteiger partial charge on any atom is 0.397 e. The van der Waals surface area contributed by atoms with E-state index < -0.39 is 77.9 Å². The Morgan fingerprint density at radius 3 is 2.65 bits per heavy atom. The molecule has 1 amide bonds. The molecule has 0 aromatic carbocycles. The number of ether oxygens (including phenoxy) is 5. The Balaban J connectivity index is 1.42. The number of rotatable bonds is 7. The van der Waals surface area contributed by atoms with Crippen molar-refractivity contribution in [2.24, 2.45) is 17.8 Å². The molecule has 4 heterocycles. The molecule has 256 valence electrons. The van der Waals surface area contributed by atoms with Gasteiger partial charge in [-0.3, -0.25) is 9.78 Å². The smallest absolute Gasteiger partial charge is 0.397 e. The molecule has 0 saturated heterocycles. The third-order valence-electron chi connectivity index (χ3n) is 9.13. The molecule has 2 aromatic rings. The molecule has 3 aliphatic rings. The maximum atomic E-state index is 13.5. The number of nitrogens with one attached hydrogen (secondary N) is 2. The number of cyclic esters (lactones) is 1. The van der Waals surface area contributed by atoms with Crippen molar-refractivity contribution in [3.63, 3.8) is 0 Å². The first kappa shape index (κ1) is 34.7. The number of aliphatic hydroxyl groups is 1. The summed E-state index contributed by atoms with van der Waals surface area (Å²) in [5, 5.41) is 13.9. The normalized spacial score (nSPS) is 31.8. The lowest BCUT2D eigenvalue weighted by Crippen LogP contribution is -2.49. The summed E-state index contributed by atoms with van der Waals surface area (Å²) in [5.74, 6) is -5.05. The second kappa shape index (κ2) is 14.7. The van der Waals surface area contributed by atoms with Gasteiger partial charge >= 0.3 is 23.8 Å². The van der Waals surface area contributed by atoms with Crippen LogP contribution in [-0.2, 0) is 44.6 Å². The average Bonchev–Trinajstić information content (AvgIpc) is 3.60. The number of methoxy groups -OCH3 is 1. The average molecular weight is 664 g/mol. The Kier molecular flexibility index (Phi) is 10.6. The van der Waals surface area contributed by atoms with E-state index in [0.29, 0.717) is 11.1 Å². The Hall–Kier alpha value is -4.59. The van der Waals surface area contributed by atoms with Gasteiger partial charge in [0.15, 0.2) is 12.4 Å². The lowest BCUT2D eigenvalue weighted by molar-refractivity contribution is -0.200. The van der Waals surface area contributed by atoms with E-state index >= 15 is 0 Å². The number of nitrogens with zero attached hydrogens (tertiary/aromatic N) is 1. The molecule has 2 aliphatic heterocycles. The zero-order valence-corrected chi connectivity index (χ0v) is 27.5. The number of pyridine rings is 1. The van der Waals surface area contributed by atoms with Crippen LogP contribution in [0.25, 0.3) is 0 Å². The van der Waals surface area contributed by atoms with Crippen LogP contribution in [0.15, 0.2) is 78.3 Å². The summed E-state index contributed by atoms with van der Waals surface area (Å²) in [5.41, 5.74) is 1.06. The Morgan fingerprint density at radius 1 is 1.21 bits per heavy atom. The number of amides is 1. The van der Waals surface area contributed by atoms with Crippen molar-refractivity contribution >= 4 is 23.8 Å². The van der Waals surface area contributed by atoms with Crippen molar-refractivity contribution in [3.8, 4) is 0 Å². The molecule has 48 heavy (non-hydrogen) atoms. The minimum atomic E-state index is -1.36. The zero-order chi connectivity index (χ0) is 34.6. The number of aromatic amines is 1. The van der Waals surface area contributed by atoms with E-state index in [0.717, 1.165) is 5.56 Å². The standard InChI is InChI=1S/C35H41N3O10/c1-19-15-20(2)35-17-24(29(21(3)31(40)48-35)47-32(41)26-7-6-12-37-26)8-9-25(35)16-27(44-5)33(42)46-28(19)22(4)45-34(43)30(39)38-18-23-10-13-36-14-11-23/h6-15,17,19,21-22,25,27-29,31,37,40H,16,18H2,1-5H3,(H,38,39)/b20-15+/t19?,21-,22?,25?,27-,28?,29+,31?,35?/m0/s1. The zero-order valence-electron chi connectivity index (χ0n) is 27.5. The van der Waals surface area contributed by atoms with Gasteiger partial charge in [0.05, 0.1) is 0 Å². The summed E-state index contributed by atoms with van der Waals surface area (Å²) in [6.45, 7) is 6.99. The molecule has 0 saturated carbocycles. The van der Waals surface area contributed by atoms with Crippen LogP contribution in [0.4, 0.5) is 0 Å². The molecule has 6 unspecified atom stereocenters. The van der Waals surface area contributed by atoms with Crippen molar-refractivity contribution in [1.82, 2.24) is 15.3 Å². The Labute approximate surface area is 278 Å². The summed E-state index contributed by atoms with van der Waals surface area (Å²) in [6, 6.07) is 6.69. The summed E-state index contributed by atoms with van der Waals surface area (Å²) < 4.78 is 29.3. The van der Waals surface area contributed by atoms with E-state index in [-0.39, 0.29) is 18.7 Å². The summed E-state index contributed by atoms with van der Waals surface area (Å²) in [4.78, 5) is 58.5. The number of esters is 3. The van der Waals surface area contributed by atoms with Gasteiger partial charge < -0.3 is 39.1 Å². The Morgan fingerprint density at radius 2 is 1.96 bits per heavy atom. The lowest BCUT2D eigenvalue weighted by Gasteiger charge is -2.43. The molecule has 2 aromatic heterocycles. The second-order valence-electron chi connectivity index (χ2n) is 12.4. The SMILES string of the molecule is CO[C@H]1CC2C=CC3=CC2(OC(O)[C@@H](C)[C@H]3OC(=O)c2ccc[nH]2)/C(C)=C/C(C)C(C(C)OC(=O)C(=O)NCc2ccncc2)OC1=O. The quantitative estimate of drug-likeness (QED) is 0.172. The number of carbonyl (C=O) groups excluding carboxylic acids is 4. The molecule has 5 rings (SSSR count). The molecular formula is C35H41N3O10. The molecule has 9 atom stereocenters. The van der Waals surface area contributed by atoms with Gasteiger partial charge in [-0.15, -0.1) is 0 Å². The molecule has 13 nitrogen and oxygen atoms in total.